The summed E-state index contributed by atoms with van der Waals surface area (Å²) in [6.45, 7) is 0.393. The Bertz CT molecular complexity index is 591. The van der Waals surface area contributed by atoms with Gasteiger partial charge in [-0.15, -0.1) is 0 Å². The van der Waals surface area contributed by atoms with Crippen LogP contribution >= 0.6 is 0 Å². The molecule has 0 saturated heterocycles. The molecule has 21 heavy (non-hydrogen) atoms. The molecule has 0 unspecified atom stereocenters. The van der Waals surface area contributed by atoms with Gasteiger partial charge in [-0.05, 0) is 25.0 Å². The predicted octanol–water partition coefficient (Wildman–Crippen LogP) is 2.17. The summed E-state index contributed by atoms with van der Waals surface area (Å²) in [6, 6.07) is 4.90. The van der Waals surface area contributed by atoms with Crippen LogP contribution in [0.15, 0.2) is 23.1 Å². The molecule has 0 heterocycles. The highest BCUT2D eigenvalue weighted by atomic mass is 32.2. The van der Waals surface area contributed by atoms with Gasteiger partial charge < -0.3 is 16.2 Å². The van der Waals surface area contributed by atoms with E-state index in [9.17, 15) is 13.5 Å². The van der Waals surface area contributed by atoms with Crippen LogP contribution in [0.5, 0.6) is 0 Å². The molecule has 1 aliphatic rings. The summed E-state index contributed by atoms with van der Waals surface area (Å²) in [6.07, 6.45) is 7.05. The van der Waals surface area contributed by atoms with E-state index >= 15 is 0 Å². The van der Waals surface area contributed by atoms with Crippen LogP contribution in [0.2, 0.25) is 0 Å². The second kappa shape index (κ2) is 6.23. The van der Waals surface area contributed by atoms with Gasteiger partial charge in [0.05, 0.1) is 21.9 Å². The van der Waals surface area contributed by atoms with E-state index in [1.165, 1.54) is 6.07 Å². The first-order chi connectivity index (χ1) is 9.82. The van der Waals surface area contributed by atoms with Crippen molar-refractivity contribution in [3.05, 3.63) is 18.2 Å². The van der Waals surface area contributed by atoms with Gasteiger partial charge in [-0.25, -0.2) is 8.42 Å². The number of hydrogen-bond donors (Lipinski definition) is 3. The predicted molar refractivity (Wildman–Crippen MR) is 85.1 cm³/mol. The largest absolute Gasteiger partial charge is 0.396 e. The van der Waals surface area contributed by atoms with Crippen LogP contribution in [0.1, 0.15) is 38.5 Å². The van der Waals surface area contributed by atoms with E-state index in [2.05, 4.69) is 5.32 Å². The average Bonchev–Trinajstić information content (AvgIpc) is 2.62. The minimum Gasteiger partial charge on any atom is -0.396 e. The molecule has 0 aliphatic heterocycles. The number of nitrogens with two attached hydrogens (primary N) is 1. The fourth-order valence-electron chi connectivity index (χ4n) is 2.84. The van der Waals surface area contributed by atoms with Gasteiger partial charge in [0.2, 0.25) is 0 Å². The monoisotopic (exact) mass is 312 g/mol. The van der Waals surface area contributed by atoms with E-state index < -0.39 is 15.4 Å². The van der Waals surface area contributed by atoms with Crippen LogP contribution in [-0.2, 0) is 9.84 Å². The van der Waals surface area contributed by atoms with Crippen molar-refractivity contribution < 1.29 is 13.5 Å². The summed E-state index contributed by atoms with van der Waals surface area (Å²) in [7, 11) is -3.35. The van der Waals surface area contributed by atoms with Crippen LogP contribution < -0.4 is 11.1 Å². The third-order valence-corrected chi connectivity index (χ3v) is 5.26. The van der Waals surface area contributed by atoms with Gasteiger partial charge in [0, 0.05) is 12.8 Å². The highest BCUT2D eigenvalue weighted by Gasteiger charge is 2.28. The Morgan fingerprint density at radius 3 is 2.43 bits per heavy atom. The number of nitrogens with one attached hydrogen (secondary N) is 1. The molecule has 0 spiro atoms. The van der Waals surface area contributed by atoms with E-state index in [-0.39, 0.29) is 10.6 Å². The standard InChI is InChI=1S/C15H24N2O3S/c1-21(19,20)13-8-6-7-12(14(13)16)17-11-15(18)9-4-2-3-5-10-15/h6-8,17-18H,2-5,9-11,16H2,1H3. The van der Waals surface area contributed by atoms with Gasteiger partial charge in [0.15, 0.2) is 9.84 Å². The average molecular weight is 312 g/mol. The molecule has 0 amide bonds. The van der Waals surface area contributed by atoms with E-state index in [1.807, 2.05) is 0 Å². The summed E-state index contributed by atoms with van der Waals surface area (Å²) < 4.78 is 23.3. The Hall–Kier alpha value is -1.27. The summed E-state index contributed by atoms with van der Waals surface area (Å²) in [5.74, 6) is 0. The molecular weight excluding hydrogens is 288 g/mol. The van der Waals surface area contributed by atoms with Gasteiger partial charge in [-0.1, -0.05) is 31.7 Å². The Morgan fingerprint density at radius 2 is 1.86 bits per heavy atom. The lowest BCUT2D eigenvalue weighted by Gasteiger charge is -2.27. The van der Waals surface area contributed by atoms with Crippen LogP contribution in [0.25, 0.3) is 0 Å². The fraction of sp³-hybridized carbons (Fsp3) is 0.600. The topological polar surface area (TPSA) is 92.4 Å². The molecule has 0 bridgehead atoms. The molecule has 1 aliphatic carbocycles. The van der Waals surface area contributed by atoms with E-state index in [0.717, 1.165) is 44.8 Å². The molecule has 1 fully saturated rings. The number of sulfone groups is 1. The molecule has 1 aromatic rings. The third-order valence-electron chi connectivity index (χ3n) is 4.11. The molecule has 2 rings (SSSR count). The van der Waals surface area contributed by atoms with Crippen molar-refractivity contribution in [3.8, 4) is 0 Å². The maximum atomic E-state index is 11.7. The van der Waals surface area contributed by atoms with Gasteiger partial charge >= 0.3 is 0 Å². The van der Waals surface area contributed by atoms with Crippen molar-refractivity contribution in [2.24, 2.45) is 0 Å². The number of rotatable bonds is 4. The van der Waals surface area contributed by atoms with Gasteiger partial charge in [0.1, 0.15) is 0 Å². The Balaban J connectivity index is 2.13. The fourth-order valence-corrected chi connectivity index (χ4v) is 3.68. The number of nitrogen functional groups attached to an aromatic ring is 1. The lowest BCUT2D eigenvalue weighted by atomic mass is 9.94. The quantitative estimate of drug-likeness (QED) is 0.585. The smallest absolute Gasteiger partial charge is 0.177 e. The molecule has 0 atom stereocenters. The molecule has 4 N–H and O–H groups in total. The minimum absolute atomic E-state index is 0.125. The first-order valence-electron chi connectivity index (χ1n) is 7.37. The van der Waals surface area contributed by atoms with E-state index in [4.69, 9.17) is 5.73 Å². The molecular formula is C15H24N2O3S. The Morgan fingerprint density at radius 1 is 1.24 bits per heavy atom. The number of aliphatic hydroxyl groups is 1. The van der Waals surface area contributed by atoms with Crippen LogP contribution in [0, 0.1) is 0 Å². The zero-order valence-electron chi connectivity index (χ0n) is 12.4. The third kappa shape index (κ3) is 4.11. The summed E-state index contributed by atoms with van der Waals surface area (Å²) in [5, 5.41) is 13.7. The molecule has 1 saturated carbocycles. The summed E-state index contributed by atoms with van der Waals surface area (Å²) in [5.41, 5.74) is 5.99. The lowest BCUT2D eigenvalue weighted by Crippen LogP contribution is -2.36. The molecule has 0 radical (unpaired) electrons. The minimum atomic E-state index is -3.35. The number of anilines is 2. The normalized spacial score (nSPS) is 19.0. The highest BCUT2D eigenvalue weighted by molar-refractivity contribution is 7.90. The van der Waals surface area contributed by atoms with Crippen molar-refractivity contribution in [2.45, 2.75) is 49.0 Å². The van der Waals surface area contributed by atoms with Crippen molar-refractivity contribution in [2.75, 3.05) is 23.9 Å². The molecule has 0 aromatic heterocycles. The lowest BCUT2D eigenvalue weighted by molar-refractivity contribution is 0.0381. The van der Waals surface area contributed by atoms with Crippen molar-refractivity contribution in [1.82, 2.24) is 0 Å². The molecule has 1 aromatic carbocycles. The highest BCUT2D eigenvalue weighted by Crippen LogP contribution is 2.30. The van der Waals surface area contributed by atoms with Gasteiger partial charge in [-0.3, -0.25) is 0 Å². The van der Waals surface area contributed by atoms with Crippen molar-refractivity contribution in [3.63, 3.8) is 0 Å². The molecule has 5 nitrogen and oxygen atoms in total. The van der Waals surface area contributed by atoms with Crippen LogP contribution in [0.3, 0.4) is 0 Å². The van der Waals surface area contributed by atoms with Crippen molar-refractivity contribution >= 4 is 21.2 Å². The second-order valence-electron chi connectivity index (χ2n) is 5.98. The Labute approximate surface area is 126 Å². The zero-order valence-corrected chi connectivity index (χ0v) is 13.2. The molecule has 6 heteroatoms. The number of hydrogen-bond acceptors (Lipinski definition) is 5. The summed E-state index contributed by atoms with van der Waals surface area (Å²) in [4.78, 5) is 0.125. The van der Waals surface area contributed by atoms with E-state index in [1.54, 1.807) is 12.1 Å². The van der Waals surface area contributed by atoms with Crippen molar-refractivity contribution in [1.29, 1.82) is 0 Å². The zero-order chi connectivity index (χ0) is 15.5. The van der Waals surface area contributed by atoms with Gasteiger partial charge in [0.25, 0.3) is 0 Å². The van der Waals surface area contributed by atoms with E-state index in [0.29, 0.717) is 12.2 Å². The second-order valence-corrected chi connectivity index (χ2v) is 7.97. The first-order valence-corrected chi connectivity index (χ1v) is 9.26. The van der Waals surface area contributed by atoms with Crippen LogP contribution in [0.4, 0.5) is 11.4 Å². The van der Waals surface area contributed by atoms with Gasteiger partial charge in [-0.2, -0.15) is 0 Å². The Kier molecular flexibility index (Phi) is 4.78. The number of benzene rings is 1. The SMILES string of the molecule is CS(=O)(=O)c1cccc(NCC2(O)CCCCCC2)c1N. The number of para-hydroxylation sites is 1. The molecule has 118 valence electrons. The summed E-state index contributed by atoms with van der Waals surface area (Å²) >= 11 is 0. The van der Waals surface area contributed by atoms with Crippen LogP contribution in [-0.4, -0.2) is 31.9 Å². The maximum absolute atomic E-state index is 11.7. The maximum Gasteiger partial charge on any atom is 0.177 e. The first kappa shape index (κ1) is 16.1.